The number of hydrogen-bond acceptors (Lipinski definition) is 5. The van der Waals surface area contributed by atoms with E-state index in [9.17, 15) is 10.1 Å². The van der Waals surface area contributed by atoms with E-state index in [1.54, 1.807) is 49.6 Å². The van der Waals surface area contributed by atoms with Crippen LogP contribution in [0, 0.1) is 11.3 Å². The molecule has 0 spiro atoms. The molecule has 0 aliphatic rings. The van der Waals surface area contributed by atoms with Gasteiger partial charge in [0.15, 0.2) is 5.76 Å². The van der Waals surface area contributed by atoms with E-state index in [1.165, 1.54) is 0 Å². The van der Waals surface area contributed by atoms with E-state index in [4.69, 9.17) is 9.26 Å². The van der Waals surface area contributed by atoms with E-state index >= 15 is 0 Å². The maximum absolute atomic E-state index is 12.5. The highest BCUT2D eigenvalue weighted by Crippen LogP contribution is 2.29. The van der Waals surface area contributed by atoms with E-state index in [2.05, 4.69) is 10.5 Å². The Bertz CT molecular complexity index is 1270. The molecule has 0 fully saturated rings. The molecular formula is C24H17N3O3. The maximum Gasteiger partial charge on any atom is 0.266 e. The fourth-order valence-corrected chi connectivity index (χ4v) is 3.03. The second-order valence-corrected chi connectivity index (χ2v) is 6.51. The topological polar surface area (TPSA) is 88.1 Å². The van der Waals surface area contributed by atoms with Gasteiger partial charge in [-0.05, 0) is 48.0 Å². The SMILES string of the molecule is COc1ccc(NC(=O)/C(C#N)=C/c2ccc3noc(-c4ccccc4)c3c2)cc1. The summed E-state index contributed by atoms with van der Waals surface area (Å²) >= 11 is 0. The van der Waals surface area contributed by atoms with Crippen LogP contribution in [0.1, 0.15) is 5.56 Å². The second kappa shape index (κ2) is 8.33. The summed E-state index contributed by atoms with van der Waals surface area (Å²) in [4.78, 5) is 12.5. The van der Waals surface area contributed by atoms with Gasteiger partial charge >= 0.3 is 0 Å². The number of rotatable bonds is 5. The van der Waals surface area contributed by atoms with Gasteiger partial charge in [-0.3, -0.25) is 4.79 Å². The minimum atomic E-state index is -0.489. The molecule has 146 valence electrons. The van der Waals surface area contributed by atoms with Gasteiger partial charge in [-0.15, -0.1) is 0 Å². The van der Waals surface area contributed by atoms with E-state index in [-0.39, 0.29) is 5.57 Å². The lowest BCUT2D eigenvalue weighted by Gasteiger charge is -2.05. The molecule has 1 N–H and O–H groups in total. The normalized spacial score (nSPS) is 11.1. The van der Waals surface area contributed by atoms with Crippen molar-refractivity contribution in [1.82, 2.24) is 5.16 Å². The van der Waals surface area contributed by atoms with Crippen LogP contribution < -0.4 is 10.1 Å². The molecule has 0 bridgehead atoms. The van der Waals surface area contributed by atoms with Crippen LogP contribution >= 0.6 is 0 Å². The number of aromatic nitrogens is 1. The third-order valence-electron chi connectivity index (χ3n) is 4.56. The van der Waals surface area contributed by atoms with Gasteiger partial charge in [0.1, 0.15) is 22.9 Å². The molecule has 4 rings (SSSR count). The fourth-order valence-electron chi connectivity index (χ4n) is 3.03. The number of carbonyl (C=O) groups is 1. The number of anilines is 1. The summed E-state index contributed by atoms with van der Waals surface area (Å²) in [5.74, 6) is 0.832. The zero-order valence-electron chi connectivity index (χ0n) is 16.1. The third-order valence-corrected chi connectivity index (χ3v) is 4.56. The predicted molar refractivity (Wildman–Crippen MR) is 115 cm³/mol. The third kappa shape index (κ3) is 3.91. The zero-order chi connectivity index (χ0) is 20.9. The Morgan fingerprint density at radius 1 is 1.10 bits per heavy atom. The van der Waals surface area contributed by atoms with Crippen molar-refractivity contribution < 1.29 is 14.1 Å². The van der Waals surface area contributed by atoms with Crippen LogP contribution in [0.2, 0.25) is 0 Å². The van der Waals surface area contributed by atoms with Crippen LogP contribution in [0.4, 0.5) is 5.69 Å². The Labute approximate surface area is 173 Å². The Hall–Kier alpha value is -4.37. The minimum absolute atomic E-state index is 0.0112. The lowest BCUT2D eigenvalue weighted by molar-refractivity contribution is -0.112. The second-order valence-electron chi connectivity index (χ2n) is 6.51. The largest absolute Gasteiger partial charge is 0.497 e. The highest BCUT2D eigenvalue weighted by molar-refractivity contribution is 6.10. The molecule has 6 heteroatoms. The van der Waals surface area contributed by atoms with Gasteiger partial charge in [0.25, 0.3) is 5.91 Å². The van der Waals surface area contributed by atoms with Gasteiger partial charge in [0, 0.05) is 11.3 Å². The van der Waals surface area contributed by atoms with Crippen LogP contribution in [0.3, 0.4) is 0 Å². The Kier molecular flexibility index (Phi) is 5.27. The highest BCUT2D eigenvalue weighted by Gasteiger charge is 2.13. The molecule has 0 aliphatic carbocycles. The van der Waals surface area contributed by atoms with Crippen molar-refractivity contribution >= 4 is 28.6 Å². The first-order chi connectivity index (χ1) is 14.7. The molecule has 30 heavy (non-hydrogen) atoms. The maximum atomic E-state index is 12.5. The molecule has 0 unspecified atom stereocenters. The van der Waals surface area contributed by atoms with E-state index in [1.807, 2.05) is 42.5 Å². The Morgan fingerprint density at radius 2 is 1.87 bits per heavy atom. The standard InChI is InChI=1S/C24H17N3O3/c1-29-20-10-8-19(9-11-20)26-24(28)18(15-25)13-16-7-12-22-21(14-16)23(30-27-22)17-5-3-2-4-6-17/h2-14H,1H3,(H,26,28)/b18-13+. The van der Waals surface area contributed by atoms with Crippen LogP contribution in [0.5, 0.6) is 5.75 Å². The Balaban J connectivity index is 1.63. The molecule has 1 heterocycles. The fraction of sp³-hybridized carbons (Fsp3) is 0.0417. The number of methoxy groups -OCH3 is 1. The van der Waals surface area contributed by atoms with Crippen LogP contribution in [-0.2, 0) is 4.79 Å². The molecule has 0 aliphatic heterocycles. The lowest BCUT2D eigenvalue weighted by atomic mass is 10.0. The summed E-state index contributed by atoms with van der Waals surface area (Å²) in [7, 11) is 1.57. The summed E-state index contributed by atoms with van der Waals surface area (Å²) < 4.78 is 10.6. The van der Waals surface area contributed by atoms with E-state index < -0.39 is 5.91 Å². The van der Waals surface area contributed by atoms with Crippen molar-refractivity contribution in [2.24, 2.45) is 0 Å². The molecule has 0 atom stereocenters. The number of nitrogens with one attached hydrogen (secondary N) is 1. The summed E-state index contributed by atoms with van der Waals surface area (Å²) in [6.45, 7) is 0. The molecule has 1 amide bonds. The van der Waals surface area contributed by atoms with Crippen molar-refractivity contribution in [3.8, 4) is 23.1 Å². The zero-order valence-corrected chi connectivity index (χ0v) is 16.1. The smallest absolute Gasteiger partial charge is 0.266 e. The van der Waals surface area contributed by atoms with Crippen molar-refractivity contribution in [2.75, 3.05) is 12.4 Å². The first-order valence-electron chi connectivity index (χ1n) is 9.20. The van der Waals surface area contributed by atoms with Gasteiger partial charge in [0.2, 0.25) is 0 Å². The van der Waals surface area contributed by atoms with Crippen LogP contribution in [0.15, 0.2) is 82.9 Å². The predicted octanol–water partition coefficient (Wildman–Crippen LogP) is 5.05. The van der Waals surface area contributed by atoms with Crippen molar-refractivity contribution in [3.05, 3.63) is 83.9 Å². The van der Waals surface area contributed by atoms with Crippen LogP contribution in [0.25, 0.3) is 28.3 Å². The van der Waals surface area contributed by atoms with Gasteiger partial charge in [-0.25, -0.2) is 0 Å². The van der Waals surface area contributed by atoms with E-state index in [0.717, 1.165) is 10.9 Å². The lowest BCUT2D eigenvalue weighted by Crippen LogP contribution is -2.13. The average Bonchev–Trinajstić information content (AvgIpc) is 3.21. The number of nitrogens with zero attached hydrogens (tertiary/aromatic N) is 2. The summed E-state index contributed by atoms with van der Waals surface area (Å²) in [6.07, 6.45) is 1.54. The summed E-state index contributed by atoms with van der Waals surface area (Å²) in [6, 6.07) is 23.9. The minimum Gasteiger partial charge on any atom is -0.497 e. The summed E-state index contributed by atoms with van der Waals surface area (Å²) in [5, 5.41) is 17.1. The van der Waals surface area contributed by atoms with Crippen molar-refractivity contribution in [1.29, 1.82) is 5.26 Å². The van der Waals surface area contributed by atoms with Gasteiger partial charge in [-0.1, -0.05) is 41.6 Å². The monoisotopic (exact) mass is 395 g/mol. The molecule has 4 aromatic rings. The molecule has 6 nitrogen and oxygen atoms in total. The molecule has 3 aromatic carbocycles. The van der Waals surface area contributed by atoms with Gasteiger partial charge in [-0.2, -0.15) is 5.26 Å². The van der Waals surface area contributed by atoms with Crippen molar-refractivity contribution in [2.45, 2.75) is 0 Å². The number of amides is 1. The number of ether oxygens (including phenoxy) is 1. The highest BCUT2D eigenvalue weighted by atomic mass is 16.5. The van der Waals surface area contributed by atoms with Crippen molar-refractivity contribution in [3.63, 3.8) is 0 Å². The van der Waals surface area contributed by atoms with E-state index in [0.29, 0.717) is 28.3 Å². The first-order valence-corrected chi connectivity index (χ1v) is 9.20. The van der Waals surface area contributed by atoms with Gasteiger partial charge < -0.3 is 14.6 Å². The number of nitriles is 1. The first kappa shape index (κ1) is 19.0. The number of carbonyl (C=O) groups excluding carboxylic acids is 1. The molecule has 0 saturated heterocycles. The van der Waals surface area contributed by atoms with Gasteiger partial charge in [0.05, 0.1) is 12.5 Å². The quantitative estimate of drug-likeness (QED) is 0.377. The number of fused-ring (bicyclic) bond motifs is 1. The Morgan fingerprint density at radius 3 is 2.57 bits per heavy atom. The molecule has 0 saturated carbocycles. The van der Waals surface area contributed by atoms with Crippen LogP contribution in [-0.4, -0.2) is 18.2 Å². The average molecular weight is 395 g/mol. The number of benzene rings is 3. The number of hydrogen-bond donors (Lipinski definition) is 1. The molecular weight excluding hydrogens is 378 g/mol. The molecule has 1 aromatic heterocycles. The molecule has 0 radical (unpaired) electrons. The summed E-state index contributed by atoms with van der Waals surface area (Å²) in [5.41, 5.74) is 2.86.